The van der Waals surface area contributed by atoms with E-state index in [0.717, 1.165) is 6.42 Å². The SMILES string of the molecule is NC(=O)N1CC(CO)CC(CO)C1. The highest BCUT2D eigenvalue weighted by atomic mass is 16.3. The van der Waals surface area contributed by atoms with E-state index in [4.69, 9.17) is 15.9 Å². The number of piperidine rings is 1. The summed E-state index contributed by atoms with van der Waals surface area (Å²) in [6.07, 6.45) is 0.761. The summed E-state index contributed by atoms with van der Waals surface area (Å²) in [6.45, 7) is 1.09. The van der Waals surface area contributed by atoms with Gasteiger partial charge in [-0.25, -0.2) is 4.79 Å². The number of hydrogen-bond acceptors (Lipinski definition) is 3. The zero-order valence-electron chi connectivity index (χ0n) is 7.52. The number of amides is 2. The van der Waals surface area contributed by atoms with Crippen LogP contribution < -0.4 is 5.73 Å². The van der Waals surface area contributed by atoms with Crippen molar-refractivity contribution in [3.8, 4) is 0 Å². The van der Waals surface area contributed by atoms with E-state index in [1.165, 1.54) is 4.90 Å². The molecule has 1 aliphatic rings. The van der Waals surface area contributed by atoms with Crippen molar-refractivity contribution in [3.63, 3.8) is 0 Å². The van der Waals surface area contributed by atoms with Crippen LogP contribution in [0.1, 0.15) is 6.42 Å². The van der Waals surface area contributed by atoms with Crippen LogP contribution in [0.5, 0.6) is 0 Å². The monoisotopic (exact) mass is 188 g/mol. The van der Waals surface area contributed by atoms with Crippen molar-refractivity contribution >= 4 is 6.03 Å². The smallest absolute Gasteiger partial charge is 0.314 e. The summed E-state index contributed by atoms with van der Waals surface area (Å²) < 4.78 is 0. The molecule has 1 fully saturated rings. The maximum Gasteiger partial charge on any atom is 0.314 e. The Bertz CT molecular complexity index is 174. The molecule has 5 heteroatoms. The largest absolute Gasteiger partial charge is 0.396 e. The molecule has 76 valence electrons. The minimum absolute atomic E-state index is 0.0419. The van der Waals surface area contributed by atoms with Crippen LogP contribution in [0.4, 0.5) is 4.79 Å². The quantitative estimate of drug-likeness (QED) is 0.519. The van der Waals surface area contributed by atoms with E-state index in [-0.39, 0.29) is 25.0 Å². The summed E-state index contributed by atoms with van der Waals surface area (Å²) in [5.41, 5.74) is 5.12. The number of likely N-dealkylation sites (tertiary alicyclic amines) is 1. The van der Waals surface area contributed by atoms with Gasteiger partial charge in [-0.05, 0) is 6.42 Å². The molecule has 0 radical (unpaired) electrons. The van der Waals surface area contributed by atoms with E-state index in [1.54, 1.807) is 0 Å². The van der Waals surface area contributed by atoms with Crippen LogP contribution in [0.2, 0.25) is 0 Å². The molecule has 1 heterocycles. The summed E-state index contributed by atoms with van der Waals surface area (Å²) >= 11 is 0. The van der Waals surface area contributed by atoms with Crippen LogP contribution in [0.3, 0.4) is 0 Å². The van der Waals surface area contributed by atoms with Gasteiger partial charge in [0, 0.05) is 38.1 Å². The number of rotatable bonds is 2. The Labute approximate surface area is 77.1 Å². The predicted octanol–water partition coefficient (Wildman–Crippen LogP) is -1.01. The van der Waals surface area contributed by atoms with E-state index in [9.17, 15) is 4.79 Å². The third-order valence-corrected chi connectivity index (χ3v) is 2.45. The Morgan fingerprint density at radius 3 is 2.08 bits per heavy atom. The van der Waals surface area contributed by atoms with Crippen molar-refractivity contribution in [2.24, 2.45) is 17.6 Å². The molecule has 0 aromatic carbocycles. The molecule has 2 atom stereocenters. The van der Waals surface area contributed by atoms with Gasteiger partial charge in [0.2, 0.25) is 0 Å². The summed E-state index contributed by atoms with van der Waals surface area (Å²) in [5, 5.41) is 17.9. The highest BCUT2D eigenvalue weighted by Crippen LogP contribution is 2.20. The van der Waals surface area contributed by atoms with Gasteiger partial charge in [-0.15, -0.1) is 0 Å². The molecule has 0 bridgehead atoms. The zero-order chi connectivity index (χ0) is 9.84. The Morgan fingerprint density at radius 2 is 1.77 bits per heavy atom. The summed E-state index contributed by atoms with van der Waals surface area (Å²) in [7, 11) is 0. The van der Waals surface area contributed by atoms with Crippen molar-refractivity contribution in [2.45, 2.75) is 6.42 Å². The van der Waals surface area contributed by atoms with Crippen molar-refractivity contribution < 1.29 is 15.0 Å². The third-order valence-electron chi connectivity index (χ3n) is 2.45. The maximum atomic E-state index is 10.9. The second-order valence-corrected chi connectivity index (χ2v) is 3.58. The number of aliphatic hydroxyl groups is 2. The van der Waals surface area contributed by atoms with Gasteiger partial charge in [0.1, 0.15) is 0 Å². The molecule has 0 spiro atoms. The summed E-state index contributed by atoms with van der Waals surface area (Å²) in [6, 6.07) is -0.475. The first-order chi connectivity index (χ1) is 6.17. The fraction of sp³-hybridized carbons (Fsp3) is 0.875. The van der Waals surface area contributed by atoms with Crippen LogP contribution in [-0.2, 0) is 0 Å². The first-order valence-corrected chi connectivity index (χ1v) is 4.43. The number of primary amides is 1. The molecule has 0 aromatic heterocycles. The minimum atomic E-state index is -0.475. The molecule has 5 nitrogen and oxygen atoms in total. The fourth-order valence-electron chi connectivity index (χ4n) is 1.76. The molecular weight excluding hydrogens is 172 g/mol. The lowest BCUT2D eigenvalue weighted by Crippen LogP contribution is -2.48. The van der Waals surface area contributed by atoms with Gasteiger partial charge in [-0.3, -0.25) is 0 Å². The number of nitrogens with zero attached hydrogens (tertiary/aromatic N) is 1. The van der Waals surface area contributed by atoms with Crippen LogP contribution in [-0.4, -0.2) is 47.4 Å². The standard InChI is InChI=1S/C8H16N2O3/c9-8(13)10-2-6(4-11)1-7(3-10)5-12/h6-7,11-12H,1-5H2,(H2,9,13). The number of nitrogens with two attached hydrogens (primary N) is 1. The van der Waals surface area contributed by atoms with Crippen molar-refractivity contribution in [1.82, 2.24) is 4.90 Å². The lowest BCUT2D eigenvalue weighted by atomic mass is 9.90. The maximum absolute atomic E-state index is 10.9. The highest BCUT2D eigenvalue weighted by Gasteiger charge is 2.27. The van der Waals surface area contributed by atoms with Crippen LogP contribution in [0.25, 0.3) is 0 Å². The minimum Gasteiger partial charge on any atom is -0.396 e. The second-order valence-electron chi connectivity index (χ2n) is 3.58. The van der Waals surface area contributed by atoms with E-state index in [1.807, 2.05) is 0 Å². The van der Waals surface area contributed by atoms with Crippen LogP contribution in [0.15, 0.2) is 0 Å². The molecule has 2 amide bonds. The molecule has 0 aliphatic carbocycles. The normalized spacial score (nSPS) is 28.9. The molecule has 13 heavy (non-hydrogen) atoms. The molecule has 0 aromatic rings. The Morgan fingerprint density at radius 1 is 1.31 bits per heavy atom. The van der Waals surface area contributed by atoms with Crippen molar-refractivity contribution in [2.75, 3.05) is 26.3 Å². The number of carbonyl (C=O) groups is 1. The molecule has 1 rings (SSSR count). The molecular formula is C8H16N2O3. The van der Waals surface area contributed by atoms with Crippen LogP contribution >= 0.6 is 0 Å². The van der Waals surface area contributed by atoms with E-state index in [2.05, 4.69) is 0 Å². The average Bonchev–Trinajstić information content (AvgIpc) is 2.16. The van der Waals surface area contributed by atoms with Gasteiger partial charge >= 0.3 is 6.03 Å². The number of aliphatic hydroxyl groups excluding tert-OH is 2. The third kappa shape index (κ3) is 2.57. The van der Waals surface area contributed by atoms with Gasteiger partial charge in [-0.2, -0.15) is 0 Å². The van der Waals surface area contributed by atoms with Crippen LogP contribution in [0, 0.1) is 11.8 Å². The predicted molar refractivity (Wildman–Crippen MR) is 46.9 cm³/mol. The highest BCUT2D eigenvalue weighted by molar-refractivity contribution is 5.72. The molecule has 1 saturated heterocycles. The Balaban J connectivity index is 2.54. The topological polar surface area (TPSA) is 86.8 Å². The molecule has 1 aliphatic heterocycles. The Hall–Kier alpha value is -0.810. The fourth-order valence-corrected chi connectivity index (χ4v) is 1.76. The van der Waals surface area contributed by atoms with E-state index in [0.29, 0.717) is 13.1 Å². The molecule has 0 saturated carbocycles. The molecule has 2 unspecified atom stereocenters. The van der Waals surface area contributed by atoms with E-state index < -0.39 is 6.03 Å². The van der Waals surface area contributed by atoms with Crippen molar-refractivity contribution in [1.29, 1.82) is 0 Å². The van der Waals surface area contributed by atoms with Gasteiger partial charge in [0.05, 0.1) is 0 Å². The molecule has 4 N–H and O–H groups in total. The zero-order valence-corrected chi connectivity index (χ0v) is 7.52. The van der Waals surface area contributed by atoms with Gasteiger partial charge < -0.3 is 20.8 Å². The lowest BCUT2D eigenvalue weighted by molar-refractivity contribution is 0.0763. The van der Waals surface area contributed by atoms with Gasteiger partial charge in [0.15, 0.2) is 0 Å². The number of urea groups is 1. The second kappa shape index (κ2) is 4.43. The average molecular weight is 188 g/mol. The van der Waals surface area contributed by atoms with Gasteiger partial charge in [0.25, 0.3) is 0 Å². The van der Waals surface area contributed by atoms with Gasteiger partial charge in [-0.1, -0.05) is 0 Å². The lowest BCUT2D eigenvalue weighted by Gasteiger charge is -2.35. The first-order valence-electron chi connectivity index (χ1n) is 4.43. The Kier molecular flexibility index (Phi) is 3.50. The van der Waals surface area contributed by atoms with Crippen molar-refractivity contribution in [3.05, 3.63) is 0 Å². The number of hydrogen-bond donors (Lipinski definition) is 3. The summed E-state index contributed by atoms with van der Waals surface area (Å²) in [5.74, 6) is 0.108. The van der Waals surface area contributed by atoms with E-state index >= 15 is 0 Å². The number of carbonyl (C=O) groups excluding carboxylic acids is 1. The first kappa shape index (κ1) is 10.3. The summed E-state index contributed by atoms with van der Waals surface area (Å²) in [4.78, 5) is 12.3.